The van der Waals surface area contributed by atoms with Crippen LogP contribution in [0.2, 0.25) is 0 Å². The second-order valence-electron chi connectivity index (χ2n) is 4.35. The molecule has 2 rings (SSSR count). The SMILES string of the molecule is COC1CC(N2CC[C@H](I)[C@H](O)C2)C1. The van der Waals surface area contributed by atoms with Crippen LogP contribution in [0.25, 0.3) is 0 Å². The summed E-state index contributed by atoms with van der Waals surface area (Å²) in [4.78, 5) is 2.43. The summed E-state index contributed by atoms with van der Waals surface area (Å²) in [5.74, 6) is 0. The Labute approximate surface area is 98.9 Å². The van der Waals surface area contributed by atoms with E-state index in [1.807, 2.05) is 0 Å². The van der Waals surface area contributed by atoms with Crippen molar-refractivity contribution in [3.05, 3.63) is 0 Å². The van der Waals surface area contributed by atoms with E-state index in [-0.39, 0.29) is 6.10 Å². The highest BCUT2D eigenvalue weighted by atomic mass is 127. The molecule has 0 amide bonds. The summed E-state index contributed by atoms with van der Waals surface area (Å²) in [5.41, 5.74) is 0. The normalized spacial score (nSPS) is 44.8. The number of rotatable bonds is 2. The minimum Gasteiger partial charge on any atom is -0.391 e. The van der Waals surface area contributed by atoms with Crippen molar-refractivity contribution in [1.29, 1.82) is 0 Å². The molecular weight excluding hydrogens is 293 g/mol. The predicted octanol–water partition coefficient (Wildman–Crippen LogP) is 1.03. The van der Waals surface area contributed by atoms with Crippen LogP contribution in [-0.4, -0.2) is 52.4 Å². The minimum atomic E-state index is -0.133. The maximum absolute atomic E-state index is 9.76. The average molecular weight is 311 g/mol. The summed E-state index contributed by atoms with van der Waals surface area (Å²) in [5, 5.41) is 9.76. The molecule has 1 saturated carbocycles. The van der Waals surface area contributed by atoms with Crippen molar-refractivity contribution in [1.82, 2.24) is 4.90 Å². The molecule has 2 atom stereocenters. The van der Waals surface area contributed by atoms with E-state index < -0.39 is 0 Å². The largest absolute Gasteiger partial charge is 0.391 e. The van der Waals surface area contributed by atoms with Gasteiger partial charge in [-0.3, -0.25) is 4.90 Å². The Morgan fingerprint density at radius 1 is 1.43 bits per heavy atom. The molecule has 4 heteroatoms. The Morgan fingerprint density at radius 2 is 2.14 bits per heavy atom. The first-order valence-corrected chi connectivity index (χ1v) is 6.54. The van der Waals surface area contributed by atoms with E-state index in [0.717, 1.165) is 32.4 Å². The zero-order valence-electron chi connectivity index (χ0n) is 8.53. The van der Waals surface area contributed by atoms with Gasteiger partial charge in [0.15, 0.2) is 0 Å². The minimum absolute atomic E-state index is 0.133. The number of aliphatic hydroxyl groups is 1. The number of aliphatic hydroxyl groups excluding tert-OH is 1. The zero-order valence-corrected chi connectivity index (χ0v) is 10.7. The number of nitrogens with zero attached hydrogens (tertiary/aromatic N) is 1. The lowest BCUT2D eigenvalue weighted by Crippen LogP contribution is -2.54. The molecule has 1 saturated heterocycles. The van der Waals surface area contributed by atoms with Crippen molar-refractivity contribution >= 4 is 22.6 Å². The lowest BCUT2D eigenvalue weighted by molar-refractivity contribution is -0.0480. The highest BCUT2D eigenvalue weighted by Crippen LogP contribution is 2.31. The summed E-state index contributed by atoms with van der Waals surface area (Å²) in [6.07, 6.45) is 3.75. The molecule has 2 fully saturated rings. The molecule has 0 aromatic heterocycles. The third kappa shape index (κ3) is 2.23. The van der Waals surface area contributed by atoms with Gasteiger partial charge in [-0.25, -0.2) is 0 Å². The zero-order chi connectivity index (χ0) is 10.1. The van der Waals surface area contributed by atoms with Crippen LogP contribution >= 0.6 is 22.6 Å². The lowest BCUT2D eigenvalue weighted by atomic mass is 9.86. The van der Waals surface area contributed by atoms with Crippen molar-refractivity contribution in [3.8, 4) is 0 Å². The molecule has 1 aliphatic carbocycles. The highest BCUT2D eigenvalue weighted by Gasteiger charge is 2.37. The van der Waals surface area contributed by atoms with Gasteiger partial charge in [0.05, 0.1) is 12.2 Å². The van der Waals surface area contributed by atoms with Crippen molar-refractivity contribution < 1.29 is 9.84 Å². The standard InChI is InChI=1S/C10H18INO2/c1-14-8-4-7(5-8)12-3-2-9(11)10(13)6-12/h7-10,13H,2-6H2,1H3/t7?,8?,9-,10+/m0/s1. The maximum atomic E-state index is 9.76. The number of piperidine rings is 1. The number of halogens is 1. The lowest BCUT2D eigenvalue weighted by Gasteiger charge is -2.45. The second-order valence-corrected chi connectivity index (χ2v) is 5.95. The smallest absolute Gasteiger partial charge is 0.0785 e. The Morgan fingerprint density at radius 3 is 2.71 bits per heavy atom. The maximum Gasteiger partial charge on any atom is 0.0785 e. The summed E-state index contributed by atoms with van der Waals surface area (Å²) in [6, 6.07) is 0.665. The first-order valence-electron chi connectivity index (χ1n) is 5.29. The van der Waals surface area contributed by atoms with Gasteiger partial charge in [0.25, 0.3) is 0 Å². The molecular formula is C10H18INO2. The molecule has 0 spiro atoms. The van der Waals surface area contributed by atoms with Crippen LogP contribution in [0.1, 0.15) is 19.3 Å². The quantitative estimate of drug-likeness (QED) is 0.611. The van der Waals surface area contributed by atoms with Crippen LogP contribution < -0.4 is 0 Å². The summed E-state index contributed by atoms with van der Waals surface area (Å²) in [7, 11) is 1.78. The molecule has 3 nitrogen and oxygen atoms in total. The number of ether oxygens (including phenoxy) is 1. The van der Waals surface area contributed by atoms with Crippen LogP contribution in [0, 0.1) is 0 Å². The van der Waals surface area contributed by atoms with Crippen LogP contribution in [-0.2, 0) is 4.74 Å². The number of methoxy groups -OCH3 is 1. The Bertz CT molecular complexity index is 197. The van der Waals surface area contributed by atoms with Gasteiger partial charge >= 0.3 is 0 Å². The Kier molecular flexibility index (Phi) is 3.68. The summed E-state index contributed by atoms with van der Waals surface area (Å²) >= 11 is 2.36. The third-order valence-electron chi connectivity index (χ3n) is 3.45. The van der Waals surface area contributed by atoms with Gasteiger partial charge in [-0.15, -0.1) is 0 Å². The molecule has 14 heavy (non-hydrogen) atoms. The third-order valence-corrected chi connectivity index (χ3v) is 4.90. The first-order chi connectivity index (χ1) is 6.70. The highest BCUT2D eigenvalue weighted by molar-refractivity contribution is 14.1. The van der Waals surface area contributed by atoms with Crippen molar-refractivity contribution in [2.45, 2.75) is 41.4 Å². The van der Waals surface area contributed by atoms with Gasteiger partial charge in [-0.2, -0.15) is 0 Å². The van der Waals surface area contributed by atoms with Gasteiger partial charge in [0, 0.05) is 23.6 Å². The summed E-state index contributed by atoms with van der Waals surface area (Å²) < 4.78 is 5.71. The molecule has 0 aromatic rings. The fourth-order valence-electron chi connectivity index (χ4n) is 2.29. The van der Waals surface area contributed by atoms with Gasteiger partial charge in [0.1, 0.15) is 0 Å². The van der Waals surface area contributed by atoms with E-state index in [2.05, 4.69) is 27.5 Å². The summed E-state index contributed by atoms with van der Waals surface area (Å²) in [6.45, 7) is 2.00. The molecule has 1 heterocycles. The van der Waals surface area contributed by atoms with Gasteiger partial charge in [-0.05, 0) is 25.8 Å². The molecule has 1 aliphatic heterocycles. The number of alkyl halides is 1. The van der Waals surface area contributed by atoms with E-state index in [9.17, 15) is 5.11 Å². The second kappa shape index (κ2) is 4.63. The monoisotopic (exact) mass is 311 g/mol. The molecule has 0 aromatic carbocycles. The Balaban J connectivity index is 1.78. The van der Waals surface area contributed by atoms with Crippen molar-refractivity contribution in [3.63, 3.8) is 0 Å². The molecule has 2 aliphatic rings. The van der Waals surface area contributed by atoms with E-state index >= 15 is 0 Å². The number of likely N-dealkylation sites (tertiary alicyclic amines) is 1. The van der Waals surface area contributed by atoms with E-state index in [1.165, 1.54) is 0 Å². The molecule has 0 bridgehead atoms. The van der Waals surface area contributed by atoms with Crippen molar-refractivity contribution in [2.24, 2.45) is 0 Å². The average Bonchev–Trinajstić information content (AvgIpc) is 2.09. The van der Waals surface area contributed by atoms with Gasteiger partial charge in [-0.1, -0.05) is 22.6 Å². The Hall–Kier alpha value is 0.610. The van der Waals surface area contributed by atoms with Crippen LogP contribution in [0.4, 0.5) is 0 Å². The van der Waals surface area contributed by atoms with Crippen molar-refractivity contribution in [2.75, 3.05) is 20.2 Å². The predicted molar refractivity (Wildman–Crippen MR) is 63.8 cm³/mol. The van der Waals surface area contributed by atoms with E-state index in [1.54, 1.807) is 7.11 Å². The topological polar surface area (TPSA) is 32.7 Å². The van der Waals surface area contributed by atoms with Crippen LogP contribution in [0.15, 0.2) is 0 Å². The van der Waals surface area contributed by atoms with E-state index in [0.29, 0.717) is 16.1 Å². The van der Waals surface area contributed by atoms with Crippen LogP contribution in [0.3, 0.4) is 0 Å². The number of hydrogen-bond donors (Lipinski definition) is 1. The fraction of sp³-hybridized carbons (Fsp3) is 1.00. The van der Waals surface area contributed by atoms with Crippen LogP contribution in [0.5, 0.6) is 0 Å². The molecule has 82 valence electrons. The molecule has 1 N–H and O–H groups in total. The molecule has 0 radical (unpaired) electrons. The van der Waals surface area contributed by atoms with Gasteiger partial charge in [0.2, 0.25) is 0 Å². The number of β-amino-alcohol motifs (C(OH)–C–C–N with tert-alkyl or cyclic N) is 1. The number of hydrogen-bond acceptors (Lipinski definition) is 3. The van der Waals surface area contributed by atoms with E-state index in [4.69, 9.17) is 4.74 Å². The first kappa shape index (κ1) is 11.1. The van der Waals surface area contributed by atoms with Gasteiger partial charge < -0.3 is 9.84 Å². The molecule has 0 unspecified atom stereocenters. The fourth-order valence-corrected chi connectivity index (χ4v) is 2.79.